The molecule has 0 aliphatic heterocycles. The molecule has 1 N–H and O–H groups in total. The predicted octanol–water partition coefficient (Wildman–Crippen LogP) is 2.42. The van der Waals surface area contributed by atoms with E-state index in [1.807, 2.05) is 0 Å². The SMILES string of the molecule is O=[N+]([O-])c1cc(I)c(F)cc1SCCO. The number of benzene rings is 1. The van der Waals surface area contributed by atoms with E-state index < -0.39 is 10.7 Å². The van der Waals surface area contributed by atoms with E-state index in [0.717, 1.165) is 17.8 Å². The van der Waals surface area contributed by atoms with Crippen LogP contribution in [0.2, 0.25) is 0 Å². The van der Waals surface area contributed by atoms with Gasteiger partial charge in [-0.2, -0.15) is 0 Å². The molecule has 0 aromatic heterocycles. The number of thioether (sulfide) groups is 1. The fourth-order valence-corrected chi connectivity index (χ4v) is 2.16. The smallest absolute Gasteiger partial charge is 0.284 e. The first-order valence-electron chi connectivity index (χ1n) is 3.93. The third-order valence-corrected chi connectivity index (χ3v) is 3.40. The second kappa shape index (κ2) is 5.61. The second-order valence-corrected chi connectivity index (χ2v) is 4.86. The number of nitrogens with zero attached hydrogens (tertiary/aromatic N) is 1. The van der Waals surface area contributed by atoms with E-state index in [0.29, 0.717) is 5.75 Å². The Hall–Kier alpha value is -0.410. The number of nitro benzene ring substituents is 1. The standard InChI is InChI=1S/C8H7FINO3S/c9-5-3-8(15-2-1-12)7(11(13)14)4-6(5)10/h3-4,12H,1-2H2. The predicted molar refractivity (Wildman–Crippen MR) is 63.6 cm³/mol. The lowest BCUT2D eigenvalue weighted by Crippen LogP contribution is -1.96. The molecule has 82 valence electrons. The normalized spacial score (nSPS) is 10.3. The molecule has 0 saturated heterocycles. The Morgan fingerprint density at radius 3 is 2.80 bits per heavy atom. The van der Waals surface area contributed by atoms with Crippen LogP contribution in [0.4, 0.5) is 10.1 Å². The molecular formula is C8H7FINO3S. The van der Waals surface area contributed by atoms with Crippen LogP contribution in [0, 0.1) is 19.5 Å². The zero-order valence-electron chi connectivity index (χ0n) is 7.44. The third-order valence-electron chi connectivity index (χ3n) is 1.55. The number of hydrogen-bond acceptors (Lipinski definition) is 4. The molecule has 7 heteroatoms. The Kier molecular flexibility index (Phi) is 4.74. The Labute approximate surface area is 103 Å². The molecular weight excluding hydrogens is 336 g/mol. The molecule has 0 aliphatic rings. The number of nitro groups is 1. The van der Waals surface area contributed by atoms with Gasteiger partial charge >= 0.3 is 0 Å². The molecule has 1 aromatic carbocycles. The quantitative estimate of drug-likeness (QED) is 0.395. The van der Waals surface area contributed by atoms with Crippen molar-refractivity contribution in [2.75, 3.05) is 12.4 Å². The zero-order chi connectivity index (χ0) is 11.4. The lowest BCUT2D eigenvalue weighted by Gasteiger charge is -2.03. The maximum atomic E-state index is 13.1. The number of rotatable bonds is 4. The summed E-state index contributed by atoms with van der Waals surface area (Å²) in [6, 6.07) is 2.32. The van der Waals surface area contributed by atoms with Crippen LogP contribution in [0.25, 0.3) is 0 Å². The first kappa shape index (κ1) is 12.7. The Bertz CT molecular complexity index is 388. The van der Waals surface area contributed by atoms with Crippen LogP contribution < -0.4 is 0 Å². The van der Waals surface area contributed by atoms with Crippen LogP contribution in [0.15, 0.2) is 17.0 Å². The highest BCUT2D eigenvalue weighted by atomic mass is 127. The average Bonchev–Trinajstić information content (AvgIpc) is 2.19. The van der Waals surface area contributed by atoms with Gasteiger partial charge in [-0.05, 0) is 28.7 Å². The van der Waals surface area contributed by atoms with E-state index in [-0.39, 0.29) is 20.8 Å². The zero-order valence-corrected chi connectivity index (χ0v) is 10.4. The highest BCUT2D eigenvalue weighted by Crippen LogP contribution is 2.31. The van der Waals surface area contributed by atoms with Gasteiger partial charge in [0, 0.05) is 11.8 Å². The highest BCUT2D eigenvalue weighted by molar-refractivity contribution is 14.1. The Balaban J connectivity index is 3.10. The molecule has 1 aromatic rings. The second-order valence-electron chi connectivity index (χ2n) is 2.56. The number of aliphatic hydroxyl groups excluding tert-OH is 1. The van der Waals surface area contributed by atoms with Crippen molar-refractivity contribution in [2.45, 2.75) is 4.90 Å². The lowest BCUT2D eigenvalue weighted by molar-refractivity contribution is -0.387. The first-order chi connectivity index (χ1) is 7.06. The van der Waals surface area contributed by atoms with Gasteiger partial charge in [-0.3, -0.25) is 10.1 Å². The fraction of sp³-hybridized carbons (Fsp3) is 0.250. The summed E-state index contributed by atoms with van der Waals surface area (Å²) in [5.41, 5.74) is -0.126. The maximum absolute atomic E-state index is 13.1. The van der Waals surface area contributed by atoms with Gasteiger partial charge < -0.3 is 5.11 Å². The maximum Gasteiger partial charge on any atom is 0.284 e. The van der Waals surface area contributed by atoms with Gasteiger partial charge in [-0.1, -0.05) is 0 Å². The summed E-state index contributed by atoms with van der Waals surface area (Å²) >= 11 is 2.76. The molecule has 0 heterocycles. The molecule has 0 radical (unpaired) electrons. The van der Waals surface area contributed by atoms with Crippen LogP contribution in [-0.2, 0) is 0 Å². The third kappa shape index (κ3) is 3.28. The van der Waals surface area contributed by atoms with Crippen molar-refractivity contribution in [3.8, 4) is 0 Å². The van der Waals surface area contributed by atoms with Gasteiger partial charge in [0.25, 0.3) is 5.69 Å². The Morgan fingerprint density at radius 1 is 1.60 bits per heavy atom. The largest absolute Gasteiger partial charge is 0.396 e. The van der Waals surface area contributed by atoms with Gasteiger partial charge in [0.1, 0.15) is 5.82 Å². The van der Waals surface area contributed by atoms with Crippen molar-refractivity contribution < 1.29 is 14.4 Å². The minimum atomic E-state index is -0.554. The minimum absolute atomic E-state index is 0.102. The summed E-state index contributed by atoms with van der Waals surface area (Å²) in [7, 11) is 0. The molecule has 0 spiro atoms. The fourth-order valence-electron chi connectivity index (χ4n) is 0.932. The Morgan fingerprint density at radius 2 is 2.27 bits per heavy atom. The van der Waals surface area contributed by atoms with E-state index in [4.69, 9.17) is 5.11 Å². The van der Waals surface area contributed by atoms with Gasteiger partial charge in [0.05, 0.1) is 20.0 Å². The monoisotopic (exact) mass is 343 g/mol. The van der Waals surface area contributed by atoms with Crippen molar-refractivity contribution in [3.63, 3.8) is 0 Å². The highest BCUT2D eigenvalue weighted by Gasteiger charge is 2.17. The topological polar surface area (TPSA) is 63.4 Å². The van der Waals surface area contributed by atoms with E-state index in [9.17, 15) is 14.5 Å². The van der Waals surface area contributed by atoms with Crippen LogP contribution in [0.5, 0.6) is 0 Å². The van der Waals surface area contributed by atoms with Gasteiger partial charge in [0.15, 0.2) is 0 Å². The molecule has 0 aliphatic carbocycles. The molecule has 0 fully saturated rings. The summed E-state index contributed by atoms with van der Waals surface area (Å²) < 4.78 is 13.4. The average molecular weight is 343 g/mol. The summed E-state index contributed by atoms with van der Waals surface area (Å²) in [5, 5.41) is 19.2. The molecule has 1 rings (SSSR count). The number of aliphatic hydroxyl groups is 1. The van der Waals surface area contributed by atoms with Crippen LogP contribution in [0.3, 0.4) is 0 Å². The van der Waals surface area contributed by atoms with E-state index >= 15 is 0 Å². The van der Waals surface area contributed by atoms with Crippen molar-refractivity contribution in [1.29, 1.82) is 0 Å². The summed E-state index contributed by atoms with van der Waals surface area (Å²) in [6.07, 6.45) is 0. The van der Waals surface area contributed by atoms with Crippen molar-refractivity contribution in [3.05, 3.63) is 31.6 Å². The minimum Gasteiger partial charge on any atom is -0.396 e. The summed E-state index contributed by atoms with van der Waals surface area (Å²) in [6.45, 7) is -0.102. The lowest BCUT2D eigenvalue weighted by atomic mass is 10.3. The van der Waals surface area contributed by atoms with Gasteiger partial charge in [-0.25, -0.2) is 4.39 Å². The van der Waals surface area contributed by atoms with Crippen molar-refractivity contribution in [1.82, 2.24) is 0 Å². The molecule has 4 nitrogen and oxygen atoms in total. The molecule has 15 heavy (non-hydrogen) atoms. The molecule has 0 amide bonds. The molecule has 0 bridgehead atoms. The molecule has 0 saturated carbocycles. The van der Waals surface area contributed by atoms with Gasteiger partial charge in [0.2, 0.25) is 0 Å². The first-order valence-corrected chi connectivity index (χ1v) is 5.99. The summed E-state index contributed by atoms with van der Waals surface area (Å²) in [4.78, 5) is 10.3. The van der Waals surface area contributed by atoms with Crippen LogP contribution >= 0.6 is 34.4 Å². The number of halogens is 2. The molecule has 0 atom stereocenters. The van der Waals surface area contributed by atoms with E-state index in [1.54, 1.807) is 22.6 Å². The van der Waals surface area contributed by atoms with Crippen molar-refractivity contribution in [2.24, 2.45) is 0 Å². The van der Waals surface area contributed by atoms with E-state index in [1.165, 1.54) is 6.07 Å². The van der Waals surface area contributed by atoms with Crippen molar-refractivity contribution >= 4 is 40.0 Å². The van der Waals surface area contributed by atoms with Crippen LogP contribution in [-0.4, -0.2) is 22.4 Å². The number of hydrogen-bond donors (Lipinski definition) is 1. The van der Waals surface area contributed by atoms with E-state index in [2.05, 4.69) is 0 Å². The molecule has 0 unspecified atom stereocenters. The van der Waals surface area contributed by atoms with Gasteiger partial charge in [-0.15, -0.1) is 11.8 Å². The van der Waals surface area contributed by atoms with Crippen LogP contribution in [0.1, 0.15) is 0 Å². The summed E-state index contributed by atoms with van der Waals surface area (Å²) in [5.74, 6) is -0.178.